The van der Waals surface area contributed by atoms with Crippen LogP contribution in [0.5, 0.6) is 0 Å². The van der Waals surface area contributed by atoms with E-state index in [0.29, 0.717) is 32.0 Å². The van der Waals surface area contributed by atoms with Crippen LogP contribution in [0.15, 0.2) is 30.3 Å². The van der Waals surface area contributed by atoms with Crippen LogP contribution >= 0.6 is 0 Å². The van der Waals surface area contributed by atoms with Crippen molar-refractivity contribution in [3.63, 3.8) is 0 Å². The molecule has 0 unspecified atom stereocenters. The summed E-state index contributed by atoms with van der Waals surface area (Å²) in [5, 5.41) is 2.95. The Morgan fingerprint density at radius 3 is 2.73 bits per heavy atom. The number of amides is 2. The summed E-state index contributed by atoms with van der Waals surface area (Å²) in [5.41, 5.74) is 1.22. The molecule has 1 fully saturated rings. The van der Waals surface area contributed by atoms with Crippen LogP contribution in [0.2, 0.25) is 0 Å². The van der Waals surface area contributed by atoms with Crippen molar-refractivity contribution in [3.05, 3.63) is 35.9 Å². The Bertz CT molecular complexity index is 499. The van der Waals surface area contributed by atoms with Gasteiger partial charge in [-0.15, -0.1) is 0 Å². The van der Waals surface area contributed by atoms with Gasteiger partial charge in [0.2, 0.25) is 11.8 Å². The number of carbonyl (C=O) groups excluding carboxylic acids is 2. The molecular formula is C18H26N2O2. The van der Waals surface area contributed by atoms with Crippen LogP contribution in [0.25, 0.3) is 0 Å². The summed E-state index contributed by atoms with van der Waals surface area (Å²) in [5.74, 6) is 0.513. The van der Waals surface area contributed by atoms with Gasteiger partial charge in [0, 0.05) is 26.1 Å². The van der Waals surface area contributed by atoms with Gasteiger partial charge in [-0.05, 0) is 24.3 Å². The van der Waals surface area contributed by atoms with Gasteiger partial charge in [-0.25, -0.2) is 0 Å². The van der Waals surface area contributed by atoms with E-state index in [1.165, 1.54) is 5.56 Å². The number of hydrogen-bond acceptors (Lipinski definition) is 2. The van der Waals surface area contributed by atoms with Gasteiger partial charge < -0.3 is 10.2 Å². The van der Waals surface area contributed by atoms with Gasteiger partial charge in [0.05, 0.1) is 5.92 Å². The molecule has 1 aromatic rings. The van der Waals surface area contributed by atoms with Crippen molar-refractivity contribution in [2.24, 2.45) is 11.8 Å². The Morgan fingerprint density at radius 1 is 1.32 bits per heavy atom. The second-order valence-corrected chi connectivity index (χ2v) is 6.45. The molecule has 1 aliphatic rings. The second-order valence-electron chi connectivity index (χ2n) is 6.45. The van der Waals surface area contributed by atoms with E-state index >= 15 is 0 Å². The summed E-state index contributed by atoms with van der Waals surface area (Å²) in [4.78, 5) is 26.0. The van der Waals surface area contributed by atoms with Crippen LogP contribution in [0, 0.1) is 11.8 Å². The monoisotopic (exact) mass is 302 g/mol. The van der Waals surface area contributed by atoms with E-state index in [9.17, 15) is 9.59 Å². The number of hydrogen-bond donors (Lipinski definition) is 1. The third-order valence-corrected chi connectivity index (χ3v) is 4.12. The SMILES string of the molecule is CC(C)CCNC(=O)[C@@H]1CC(=O)N(CCc2ccccc2)C1. The van der Waals surface area contributed by atoms with Gasteiger partial charge in [-0.1, -0.05) is 44.2 Å². The van der Waals surface area contributed by atoms with Crippen molar-refractivity contribution in [2.45, 2.75) is 33.1 Å². The van der Waals surface area contributed by atoms with Crippen LogP contribution in [-0.4, -0.2) is 36.3 Å². The van der Waals surface area contributed by atoms with E-state index in [1.807, 2.05) is 23.1 Å². The highest BCUT2D eigenvalue weighted by atomic mass is 16.2. The second kappa shape index (κ2) is 7.97. The lowest BCUT2D eigenvalue weighted by Gasteiger charge is -2.16. The van der Waals surface area contributed by atoms with Crippen LogP contribution in [0.3, 0.4) is 0 Å². The molecule has 1 aliphatic heterocycles. The minimum atomic E-state index is -0.185. The lowest BCUT2D eigenvalue weighted by atomic mass is 10.1. The van der Waals surface area contributed by atoms with Crippen molar-refractivity contribution in [2.75, 3.05) is 19.6 Å². The minimum Gasteiger partial charge on any atom is -0.356 e. The maximum Gasteiger partial charge on any atom is 0.225 e. The molecule has 0 radical (unpaired) electrons. The third kappa shape index (κ3) is 4.86. The number of nitrogens with zero attached hydrogens (tertiary/aromatic N) is 1. The van der Waals surface area contributed by atoms with Gasteiger partial charge in [0.1, 0.15) is 0 Å². The summed E-state index contributed by atoms with van der Waals surface area (Å²) >= 11 is 0. The van der Waals surface area contributed by atoms with Crippen molar-refractivity contribution < 1.29 is 9.59 Å². The molecule has 2 rings (SSSR count). The maximum atomic E-state index is 12.1. The zero-order valence-electron chi connectivity index (χ0n) is 13.5. The first-order chi connectivity index (χ1) is 10.6. The van der Waals surface area contributed by atoms with E-state index in [2.05, 4.69) is 31.3 Å². The van der Waals surface area contributed by atoms with Gasteiger partial charge >= 0.3 is 0 Å². The molecule has 0 aromatic heterocycles. The molecule has 4 heteroatoms. The molecule has 2 amide bonds. The Balaban J connectivity index is 1.76. The fourth-order valence-corrected chi connectivity index (χ4v) is 2.70. The minimum absolute atomic E-state index is 0.0243. The first-order valence-corrected chi connectivity index (χ1v) is 8.15. The van der Waals surface area contributed by atoms with E-state index in [-0.39, 0.29) is 17.7 Å². The van der Waals surface area contributed by atoms with E-state index in [0.717, 1.165) is 12.8 Å². The van der Waals surface area contributed by atoms with Crippen LogP contribution in [0.4, 0.5) is 0 Å². The molecule has 22 heavy (non-hydrogen) atoms. The smallest absolute Gasteiger partial charge is 0.225 e. The highest BCUT2D eigenvalue weighted by Crippen LogP contribution is 2.18. The molecular weight excluding hydrogens is 276 g/mol. The van der Waals surface area contributed by atoms with Crippen LogP contribution in [-0.2, 0) is 16.0 Å². The lowest BCUT2D eigenvalue weighted by molar-refractivity contribution is -0.129. The normalized spacial score (nSPS) is 18.0. The van der Waals surface area contributed by atoms with Gasteiger partial charge in [-0.3, -0.25) is 9.59 Å². The molecule has 1 N–H and O–H groups in total. The molecule has 0 aliphatic carbocycles. The summed E-state index contributed by atoms with van der Waals surface area (Å²) in [6.07, 6.45) is 2.17. The molecule has 120 valence electrons. The summed E-state index contributed by atoms with van der Waals surface area (Å²) in [6.45, 7) is 6.22. The predicted molar refractivity (Wildman–Crippen MR) is 87.3 cm³/mol. The van der Waals surface area contributed by atoms with E-state index in [1.54, 1.807) is 0 Å². The number of likely N-dealkylation sites (tertiary alicyclic amines) is 1. The number of rotatable bonds is 7. The Morgan fingerprint density at radius 2 is 2.05 bits per heavy atom. The third-order valence-electron chi connectivity index (χ3n) is 4.12. The molecule has 1 aromatic carbocycles. The topological polar surface area (TPSA) is 49.4 Å². The first kappa shape index (κ1) is 16.5. The largest absolute Gasteiger partial charge is 0.356 e. The Labute approximate surface area is 132 Å². The van der Waals surface area contributed by atoms with E-state index < -0.39 is 0 Å². The molecule has 0 saturated carbocycles. The number of carbonyl (C=O) groups is 2. The molecule has 1 atom stereocenters. The lowest BCUT2D eigenvalue weighted by Crippen LogP contribution is -2.34. The average molecular weight is 302 g/mol. The fraction of sp³-hybridized carbons (Fsp3) is 0.556. The van der Waals surface area contributed by atoms with Crippen LogP contribution in [0.1, 0.15) is 32.3 Å². The molecule has 0 spiro atoms. The summed E-state index contributed by atoms with van der Waals surface area (Å²) < 4.78 is 0. The number of nitrogens with one attached hydrogen (secondary N) is 1. The van der Waals surface area contributed by atoms with Crippen molar-refractivity contribution >= 4 is 11.8 Å². The maximum absolute atomic E-state index is 12.1. The summed E-state index contributed by atoms with van der Waals surface area (Å²) in [7, 11) is 0. The highest BCUT2D eigenvalue weighted by Gasteiger charge is 2.33. The van der Waals surface area contributed by atoms with Gasteiger partial charge in [-0.2, -0.15) is 0 Å². The standard InChI is InChI=1S/C18H26N2O2/c1-14(2)8-10-19-18(22)16-12-17(21)20(13-16)11-9-15-6-4-3-5-7-15/h3-7,14,16H,8-13H2,1-2H3,(H,19,22)/t16-/m1/s1. The zero-order chi connectivity index (χ0) is 15.9. The van der Waals surface area contributed by atoms with Crippen molar-refractivity contribution in [1.82, 2.24) is 10.2 Å². The molecule has 0 bridgehead atoms. The molecule has 1 saturated heterocycles. The van der Waals surface area contributed by atoms with Crippen LogP contribution < -0.4 is 5.32 Å². The van der Waals surface area contributed by atoms with E-state index in [4.69, 9.17) is 0 Å². The fourth-order valence-electron chi connectivity index (χ4n) is 2.70. The Kier molecular flexibility index (Phi) is 5.99. The molecule has 1 heterocycles. The summed E-state index contributed by atoms with van der Waals surface area (Å²) in [6, 6.07) is 10.1. The van der Waals surface area contributed by atoms with Crippen molar-refractivity contribution in [3.8, 4) is 0 Å². The zero-order valence-corrected chi connectivity index (χ0v) is 13.5. The molecule has 4 nitrogen and oxygen atoms in total. The van der Waals surface area contributed by atoms with Crippen molar-refractivity contribution in [1.29, 1.82) is 0 Å². The number of benzene rings is 1. The van der Waals surface area contributed by atoms with Gasteiger partial charge in [0.25, 0.3) is 0 Å². The predicted octanol–water partition coefficient (Wildman–Crippen LogP) is 2.24. The highest BCUT2D eigenvalue weighted by molar-refractivity contribution is 5.89. The Hall–Kier alpha value is -1.84. The average Bonchev–Trinajstić information content (AvgIpc) is 2.87. The first-order valence-electron chi connectivity index (χ1n) is 8.15. The quantitative estimate of drug-likeness (QED) is 0.840. The van der Waals surface area contributed by atoms with Gasteiger partial charge in [0.15, 0.2) is 0 Å².